The van der Waals surface area contributed by atoms with Crippen molar-refractivity contribution in [2.75, 3.05) is 6.61 Å². The monoisotopic (exact) mass is 559 g/mol. The zero-order valence-corrected chi connectivity index (χ0v) is 22.2. The summed E-state index contributed by atoms with van der Waals surface area (Å²) >= 11 is 0. The van der Waals surface area contributed by atoms with Crippen LogP contribution in [0.5, 0.6) is 11.5 Å². The van der Waals surface area contributed by atoms with Crippen LogP contribution in [0.2, 0.25) is 0 Å². The van der Waals surface area contributed by atoms with E-state index >= 15 is 4.39 Å². The number of Topliss-reactive ketones (excluding diaryl/α,β-unsaturated/α-hetero) is 1. The van der Waals surface area contributed by atoms with Gasteiger partial charge in [0.05, 0.1) is 11.8 Å². The number of amides is 1. The average molecular weight is 560 g/mol. The predicted octanol–water partition coefficient (Wildman–Crippen LogP) is 4.89. The van der Waals surface area contributed by atoms with Crippen molar-refractivity contribution >= 4 is 22.6 Å². The summed E-state index contributed by atoms with van der Waals surface area (Å²) in [5, 5.41) is 12.3. The van der Waals surface area contributed by atoms with Gasteiger partial charge in [0, 0.05) is 34.7 Å². The highest BCUT2D eigenvalue weighted by molar-refractivity contribution is 6.01. The number of carbonyl (C=O) groups is 2. The number of nitrogens with two attached hydrogens (primary N) is 1. The lowest BCUT2D eigenvalue weighted by atomic mass is 9.88. The summed E-state index contributed by atoms with van der Waals surface area (Å²) in [7, 11) is 0. The van der Waals surface area contributed by atoms with E-state index in [2.05, 4.69) is 9.97 Å². The van der Waals surface area contributed by atoms with Gasteiger partial charge in [-0.3, -0.25) is 14.6 Å². The van der Waals surface area contributed by atoms with Crippen LogP contribution in [0.1, 0.15) is 54.2 Å². The van der Waals surface area contributed by atoms with Crippen molar-refractivity contribution in [1.82, 2.24) is 9.97 Å². The molecule has 0 radical (unpaired) electrons. The van der Waals surface area contributed by atoms with Gasteiger partial charge in [-0.05, 0) is 74.7 Å². The SMILES string of the molecule is C[C@](O)(CCC(=O)c1cc(OC2CC2)c2ncccc2c1)c1cc2c(c(-c3ccc(F)cc3)n1)OCC2(F)C(N)=O. The molecule has 1 fully saturated rings. The van der Waals surface area contributed by atoms with Crippen molar-refractivity contribution in [2.24, 2.45) is 5.73 Å². The normalized spacial score (nSPS) is 19.3. The first-order valence-electron chi connectivity index (χ1n) is 13.3. The Labute approximate surface area is 234 Å². The number of alkyl halides is 1. The zero-order valence-electron chi connectivity index (χ0n) is 22.2. The number of nitrogens with zero attached hydrogens (tertiary/aromatic N) is 2. The minimum Gasteiger partial charge on any atom is -0.488 e. The van der Waals surface area contributed by atoms with Gasteiger partial charge in [0.25, 0.3) is 11.6 Å². The third-order valence-electron chi connectivity index (χ3n) is 7.52. The minimum absolute atomic E-state index is 0.0117. The predicted molar refractivity (Wildman–Crippen MR) is 146 cm³/mol. The Balaban J connectivity index is 1.32. The lowest BCUT2D eigenvalue weighted by Gasteiger charge is -2.25. The topological polar surface area (TPSA) is 125 Å². The number of hydrogen-bond acceptors (Lipinski definition) is 7. The molecule has 3 heterocycles. The van der Waals surface area contributed by atoms with Crippen molar-refractivity contribution in [2.45, 2.75) is 50.0 Å². The number of hydrogen-bond donors (Lipinski definition) is 2. The molecule has 41 heavy (non-hydrogen) atoms. The summed E-state index contributed by atoms with van der Waals surface area (Å²) in [4.78, 5) is 34.3. The second kappa shape index (κ2) is 9.88. The average Bonchev–Trinajstić information content (AvgIpc) is 3.71. The van der Waals surface area contributed by atoms with E-state index in [9.17, 15) is 19.1 Å². The number of carbonyl (C=O) groups excluding carboxylic acids is 2. The van der Waals surface area contributed by atoms with E-state index in [1.807, 2.05) is 6.07 Å². The number of aromatic nitrogens is 2. The number of halogens is 2. The van der Waals surface area contributed by atoms with Gasteiger partial charge in [-0.1, -0.05) is 6.07 Å². The fraction of sp³-hybridized carbons (Fsp3) is 0.290. The van der Waals surface area contributed by atoms with Gasteiger partial charge < -0.3 is 20.3 Å². The van der Waals surface area contributed by atoms with E-state index in [-0.39, 0.29) is 47.4 Å². The number of aliphatic hydroxyl groups is 1. The Kier molecular flexibility index (Phi) is 6.45. The Hall–Kier alpha value is -4.44. The van der Waals surface area contributed by atoms with Crippen molar-refractivity contribution < 1.29 is 33.0 Å². The van der Waals surface area contributed by atoms with Crippen LogP contribution in [0.3, 0.4) is 0 Å². The molecule has 1 aliphatic heterocycles. The third kappa shape index (κ3) is 4.99. The minimum atomic E-state index is -2.65. The zero-order chi connectivity index (χ0) is 28.9. The van der Waals surface area contributed by atoms with E-state index in [0.717, 1.165) is 18.2 Å². The molecule has 1 amide bonds. The van der Waals surface area contributed by atoms with Gasteiger partial charge in [-0.2, -0.15) is 0 Å². The standard InChI is InChI=1S/C31H27F2N3O5/c1-30(39,11-10-23(37)19-13-18-3-2-12-35-26(18)24(14-19)41-21-8-9-21)25-15-22-28(40-16-31(22,33)29(34)38)27(36-25)17-4-6-20(32)7-5-17/h2-7,12-15,21,39H,8-11,16H2,1H3,(H2,34,38)/t30-,31?/m0/s1. The van der Waals surface area contributed by atoms with Crippen LogP contribution in [0.25, 0.3) is 22.2 Å². The smallest absolute Gasteiger partial charge is 0.263 e. The van der Waals surface area contributed by atoms with Crippen LogP contribution >= 0.6 is 0 Å². The molecule has 1 unspecified atom stereocenters. The number of fused-ring (bicyclic) bond motifs is 2. The van der Waals surface area contributed by atoms with E-state index < -0.39 is 29.6 Å². The maximum Gasteiger partial charge on any atom is 0.263 e. The van der Waals surface area contributed by atoms with Gasteiger partial charge >= 0.3 is 0 Å². The molecular formula is C31H27F2N3O5. The Bertz CT molecular complexity index is 1690. The lowest BCUT2D eigenvalue weighted by Crippen LogP contribution is -2.38. The molecule has 2 aromatic heterocycles. The van der Waals surface area contributed by atoms with Crippen LogP contribution in [-0.4, -0.2) is 39.5 Å². The second-order valence-electron chi connectivity index (χ2n) is 10.8. The molecule has 0 saturated heterocycles. The highest BCUT2D eigenvalue weighted by Gasteiger charge is 2.49. The summed E-state index contributed by atoms with van der Waals surface area (Å²) in [6, 6.07) is 13.6. The molecule has 8 nitrogen and oxygen atoms in total. The van der Waals surface area contributed by atoms with Crippen molar-refractivity contribution in [3.05, 3.63) is 83.4 Å². The maximum absolute atomic E-state index is 15.7. The highest BCUT2D eigenvalue weighted by Crippen LogP contribution is 2.46. The van der Waals surface area contributed by atoms with Crippen LogP contribution in [0.15, 0.2) is 60.8 Å². The highest BCUT2D eigenvalue weighted by atomic mass is 19.1. The van der Waals surface area contributed by atoms with Gasteiger partial charge in [0.2, 0.25) is 0 Å². The number of ketones is 1. The van der Waals surface area contributed by atoms with Crippen LogP contribution < -0.4 is 15.2 Å². The second-order valence-corrected chi connectivity index (χ2v) is 10.8. The molecular weight excluding hydrogens is 532 g/mol. The van der Waals surface area contributed by atoms with Crippen molar-refractivity contribution in [1.29, 1.82) is 0 Å². The van der Waals surface area contributed by atoms with Crippen molar-refractivity contribution in [3.63, 3.8) is 0 Å². The van der Waals surface area contributed by atoms with E-state index in [1.165, 1.54) is 37.3 Å². The van der Waals surface area contributed by atoms with Crippen LogP contribution in [0.4, 0.5) is 8.78 Å². The molecule has 3 N–H and O–H groups in total. The number of benzene rings is 2. The summed E-state index contributed by atoms with van der Waals surface area (Å²) in [6.07, 6.45) is 3.54. The fourth-order valence-electron chi connectivity index (χ4n) is 4.91. The molecule has 4 aromatic rings. The largest absolute Gasteiger partial charge is 0.488 e. The van der Waals surface area contributed by atoms with Gasteiger partial charge in [0.15, 0.2) is 11.5 Å². The molecule has 1 aliphatic carbocycles. The molecule has 1 saturated carbocycles. The number of ether oxygens (including phenoxy) is 2. The molecule has 2 aliphatic rings. The van der Waals surface area contributed by atoms with Crippen LogP contribution in [-0.2, 0) is 16.1 Å². The molecule has 2 atom stereocenters. The fourth-order valence-corrected chi connectivity index (χ4v) is 4.91. The molecule has 0 bridgehead atoms. The first-order chi connectivity index (χ1) is 19.5. The van der Waals surface area contributed by atoms with Crippen LogP contribution in [0, 0.1) is 5.82 Å². The summed E-state index contributed by atoms with van der Waals surface area (Å²) in [5.74, 6) is -1.45. The summed E-state index contributed by atoms with van der Waals surface area (Å²) in [6.45, 7) is 0.801. The van der Waals surface area contributed by atoms with Gasteiger partial charge in [-0.15, -0.1) is 0 Å². The molecule has 2 aromatic carbocycles. The Morgan fingerprint density at radius 1 is 1.20 bits per heavy atom. The summed E-state index contributed by atoms with van der Waals surface area (Å²) in [5.41, 5.74) is 2.44. The van der Waals surface area contributed by atoms with Gasteiger partial charge in [-0.25, -0.2) is 13.8 Å². The quantitative estimate of drug-likeness (QED) is 0.280. The third-order valence-corrected chi connectivity index (χ3v) is 7.52. The van der Waals surface area contributed by atoms with E-state index in [0.29, 0.717) is 22.4 Å². The number of rotatable bonds is 9. The summed E-state index contributed by atoms with van der Waals surface area (Å²) < 4.78 is 40.8. The van der Waals surface area contributed by atoms with E-state index in [4.69, 9.17) is 15.2 Å². The van der Waals surface area contributed by atoms with Gasteiger partial charge in [0.1, 0.15) is 35.0 Å². The molecule has 6 rings (SSSR count). The van der Waals surface area contributed by atoms with E-state index in [1.54, 1.807) is 24.4 Å². The first-order valence-corrected chi connectivity index (χ1v) is 13.3. The lowest BCUT2D eigenvalue weighted by molar-refractivity contribution is -0.130. The molecule has 0 spiro atoms. The number of pyridine rings is 2. The maximum atomic E-state index is 15.7. The number of primary amides is 1. The Morgan fingerprint density at radius 3 is 2.66 bits per heavy atom. The molecule has 10 heteroatoms. The first kappa shape index (κ1) is 26.8. The Morgan fingerprint density at radius 2 is 1.95 bits per heavy atom. The van der Waals surface area contributed by atoms with Crippen molar-refractivity contribution in [3.8, 4) is 22.8 Å². The molecule has 210 valence electrons.